The molecule has 2 aromatic rings. The van der Waals surface area contributed by atoms with Crippen molar-refractivity contribution in [1.29, 1.82) is 0 Å². The van der Waals surface area contributed by atoms with Crippen molar-refractivity contribution in [2.24, 2.45) is 0 Å². The van der Waals surface area contributed by atoms with Crippen LogP contribution in [0.15, 0.2) is 18.2 Å². The first-order valence-corrected chi connectivity index (χ1v) is 7.96. The van der Waals surface area contributed by atoms with Gasteiger partial charge in [0.1, 0.15) is 0 Å². The van der Waals surface area contributed by atoms with Gasteiger partial charge in [0, 0.05) is 41.9 Å². The first-order chi connectivity index (χ1) is 11.3. The van der Waals surface area contributed by atoms with Crippen LogP contribution in [0.2, 0.25) is 0 Å². The van der Waals surface area contributed by atoms with Gasteiger partial charge in [0.05, 0.1) is 13.0 Å². The summed E-state index contributed by atoms with van der Waals surface area (Å²) in [6.45, 7) is 7.16. The molecule has 1 heterocycles. The second-order valence-corrected chi connectivity index (χ2v) is 6.06. The molecular formula is C18H24N2O4. The van der Waals surface area contributed by atoms with Gasteiger partial charge in [0.25, 0.3) is 5.91 Å². The molecule has 6 heteroatoms. The first kappa shape index (κ1) is 18.0. The minimum Gasteiger partial charge on any atom is -0.481 e. The number of hydrogen-bond donors (Lipinski definition) is 2. The molecule has 0 aliphatic rings. The lowest BCUT2D eigenvalue weighted by atomic mass is 10.1. The van der Waals surface area contributed by atoms with Gasteiger partial charge in [0.2, 0.25) is 0 Å². The van der Waals surface area contributed by atoms with E-state index in [4.69, 9.17) is 9.84 Å². The summed E-state index contributed by atoms with van der Waals surface area (Å²) in [7, 11) is 1.68. The number of carboxylic acids is 1. The van der Waals surface area contributed by atoms with Gasteiger partial charge in [-0.2, -0.15) is 0 Å². The van der Waals surface area contributed by atoms with Crippen LogP contribution < -0.4 is 5.32 Å². The number of nitrogens with zero attached hydrogens (tertiary/aromatic N) is 1. The number of hydrogen-bond acceptors (Lipinski definition) is 3. The van der Waals surface area contributed by atoms with E-state index in [1.54, 1.807) is 20.1 Å². The Bertz CT molecular complexity index is 764. The molecule has 0 saturated carbocycles. The number of fused-ring (bicyclic) bond motifs is 1. The highest BCUT2D eigenvalue weighted by Gasteiger charge is 2.16. The monoisotopic (exact) mass is 332 g/mol. The van der Waals surface area contributed by atoms with Crippen molar-refractivity contribution in [2.45, 2.75) is 39.8 Å². The molecule has 0 aliphatic carbocycles. The van der Waals surface area contributed by atoms with Crippen LogP contribution in [0.1, 0.15) is 35.0 Å². The van der Waals surface area contributed by atoms with E-state index in [1.165, 1.54) is 0 Å². The molecule has 0 radical (unpaired) electrons. The predicted molar refractivity (Wildman–Crippen MR) is 92.5 cm³/mol. The van der Waals surface area contributed by atoms with Crippen LogP contribution in [-0.2, 0) is 16.1 Å². The molecule has 6 nitrogen and oxygen atoms in total. The van der Waals surface area contributed by atoms with Gasteiger partial charge < -0.3 is 19.7 Å². The maximum absolute atomic E-state index is 12.3. The van der Waals surface area contributed by atoms with Crippen molar-refractivity contribution in [3.63, 3.8) is 0 Å². The van der Waals surface area contributed by atoms with Crippen LogP contribution >= 0.6 is 0 Å². The molecule has 0 fully saturated rings. The van der Waals surface area contributed by atoms with Crippen LogP contribution in [0.4, 0.5) is 0 Å². The van der Waals surface area contributed by atoms with Crippen molar-refractivity contribution in [3.8, 4) is 0 Å². The van der Waals surface area contributed by atoms with Gasteiger partial charge in [-0.15, -0.1) is 0 Å². The third-order valence-corrected chi connectivity index (χ3v) is 4.28. The van der Waals surface area contributed by atoms with Gasteiger partial charge in [-0.25, -0.2) is 0 Å². The number of methoxy groups -OCH3 is 1. The summed E-state index contributed by atoms with van der Waals surface area (Å²) in [5.74, 6) is -1.19. The molecule has 0 unspecified atom stereocenters. The average Bonchev–Trinajstić information content (AvgIpc) is 2.75. The maximum atomic E-state index is 12.3. The van der Waals surface area contributed by atoms with Crippen LogP contribution in [0.5, 0.6) is 0 Å². The minimum absolute atomic E-state index is 0.0977. The molecule has 0 saturated heterocycles. The highest BCUT2D eigenvalue weighted by Crippen LogP contribution is 2.26. The average molecular weight is 332 g/mol. The predicted octanol–water partition coefficient (Wildman–Crippen LogP) is 2.50. The molecule has 1 amide bonds. The number of carboxylic acid groups (broad SMARTS) is 1. The molecule has 0 spiro atoms. The molecule has 2 N–H and O–H groups in total. The summed E-state index contributed by atoms with van der Waals surface area (Å²) in [5, 5.41) is 12.5. The summed E-state index contributed by atoms with van der Waals surface area (Å²) >= 11 is 0. The van der Waals surface area contributed by atoms with E-state index in [-0.39, 0.29) is 12.3 Å². The number of carbonyl (C=O) groups is 2. The van der Waals surface area contributed by atoms with E-state index in [0.29, 0.717) is 12.2 Å². The van der Waals surface area contributed by atoms with Crippen LogP contribution in [-0.4, -0.2) is 41.3 Å². The number of benzene rings is 1. The van der Waals surface area contributed by atoms with E-state index < -0.39 is 12.0 Å². The molecule has 1 atom stereocenters. The molecular weight excluding hydrogens is 308 g/mol. The minimum atomic E-state index is -0.931. The molecule has 0 bridgehead atoms. The number of carbonyl (C=O) groups excluding carboxylic acids is 1. The topological polar surface area (TPSA) is 80.6 Å². The molecule has 24 heavy (non-hydrogen) atoms. The number of rotatable bonds is 7. The normalized spacial score (nSPS) is 12.3. The zero-order valence-electron chi connectivity index (χ0n) is 14.5. The van der Waals surface area contributed by atoms with Gasteiger partial charge in [0.15, 0.2) is 0 Å². The van der Waals surface area contributed by atoms with E-state index in [2.05, 4.69) is 16.8 Å². The Balaban J connectivity index is 2.29. The summed E-state index contributed by atoms with van der Waals surface area (Å²) in [6, 6.07) is 5.15. The van der Waals surface area contributed by atoms with Crippen molar-refractivity contribution in [2.75, 3.05) is 13.7 Å². The van der Waals surface area contributed by atoms with E-state index >= 15 is 0 Å². The number of ether oxygens (including phenoxy) is 1. The number of aryl methyl sites for hydroxylation is 1. The van der Waals surface area contributed by atoms with E-state index in [9.17, 15) is 9.59 Å². The third kappa shape index (κ3) is 3.76. The Hall–Kier alpha value is -2.34. The summed E-state index contributed by atoms with van der Waals surface area (Å²) in [5.41, 5.74) is 3.89. The molecule has 1 aromatic heterocycles. The van der Waals surface area contributed by atoms with Crippen molar-refractivity contribution in [3.05, 3.63) is 35.0 Å². The first-order valence-electron chi connectivity index (χ1n) is 7.96. The van der Waals surface area contributed by atoms with Crippen LogP contribution in [0.3, 0.4) is 0 Å². The van der Waals surface area contributed by atoms with Crippen molar-refractivity contribution in [1.82, 2.24) is 9.88 Å². The SMILES string of the molecule is COCCn1c(C)c(C)c2cc(C(=O)N[C@@H](C)CC(=O)O)ccc21. The Labute approximate surface area is 141 Å². The Morgan fingerprint density at radius 3 is 2.67 bits per heavy atom. The Kier molecular flexibility index (Phi) is 5.62. The Morgan fingerprint density at radius 2 is 2.04 bits per heavy atom. The molecule has 2 rings (SSSR count). The quantitative estimate of drug-likeness (QED) is 0.816. The number of aliphatic carboxylic acids is 1. The zero-order chi connectivity index (χ0) is 17.9. The summed E-state index contributed by atoms with van der Waals surface area (Å²) < 4.78 is 7.35. The lowest BCUT2D eigenvalue weighted by Crippen LogP contribution is -2.34. The zero-order valence-corrected chi connectivity index (χ0v) is 14.5. The van der Waals surface area contributed by atoms with Crippen molar-refractivity contribution < 1.29 is 19.4 Å². The highest BCUT2D eigenvalue weighted by atomic mass is 16.5. The van der Waals surface area contributed by atoms with Gasteiger partial charge in [-0.1, -0.05) is 0 Å². The second-order valence-electron chi connectivity index (χ2n) is 6.06. The van der Waals surface area contributed by atoms with Crippen LogP contribution in [0.25, 0.3) is 10.9 Å². The third-order valence-electron chi connectivity index (χ3n) is 4.28. The van der Waals surface area contributed by atoms with Crippen molar-refractivity contribution >= 4 is 22.8 Å². The number of nitrogens with one attached hydrogen (secondary N) is 1. The maximum Gasteiger partial charge on any atom is 0.305 e. The fraction of sp³-hybridized carbons (Fsp3) is 0.444. The fourth-order valence-corrected chi connectivity index (χ4v) is 2.88. The standard InChI is InChI=1S/C18H24N2O4/c1-11(9-17(21)22)19-18(23)14-5-6-16-15(10-14)12(2)13(3)20(16)7-8-24-4/h5-6,10-11H,7-9H2,1-4H3,(H,19,23)(H,21,22)/t11-/m0/s1. The summed E-state index contributed by atoms with van der Waals surface area (Å²) in [6.07, 6.45) is -0.0977. The summed E-state index contributed by atoms with van der Waals surface area (Å²) in [4.78, 5) is 23.0. The fourth-order valence-electron chi connectivity index (χ4n) is 2.88. The van der Waals surface area contributed by atoms with E-state index in [1.807, 2.05) is 19.1 Å². The van der Waals surface area contributed by atoms with Crippen LogP contribution in [0, 0.1) is 13.8 Å². The molecule has 130 valence electrons. The largest absolute Gasteiger partial charge is 0.481 e. The number of aromatic nitrogens is 1. The van der Waals surface area contributed by atoms with Gasteiger partial charge in [-0.3, -0.25) is 9.59 Å². The van der Waals surface area contributed by atoms with E-state index in [0.717, 1.165) is 28.7 Å². The lowest BCUT2D eigenvalue weighted by Gasteiger charge is -2.12. The smallest absolute Gasteiger partial charge is 0.305 e. The highest BCUT2D eigenvalue weighted by molar-refractivity contribution is 5.99. The number of amides is 1. The van der Waals surface area contributed by atoms with Gasteiger partial charge in [-0.05, 0) is 44.5 Å². The second kappa shape index (κ2) is 7.49. The van der Waals surface area contributed by atoms with Gasteiger partial charge >= 0.3 is 5.97 Å². The Morgan fingerprint density at radius 1 is 1.33 bits per heavy atom. The molecule has 0 aliphatic heterocycles. The molecule has 1 aromatic carbocycles. The lowest BCUT2D eigenvalue weighted by molar-refractivity contribution is -0.137.